The van der Waals surface area contributed by atoms with Crippen LogP contribution < -0.4 is 4.74 Å². The van der Waals surface area contributed by atoms with Crippen LogP contribution in [0.5, 0.6) is 5.75 Å². The van der Waals surface area contributed by atoms with Crippen molar-refractivity contribution in [3.05, 3.63) is 65.2 Å². The number of benzene rings is 2. The fourth-order valence-electron chi connectivity index (χ4n) is 3.40. The smallest absolute Gasteiger partial charge is 0.410 e. The zero-order valence-corrected chi connectivity index (χ0v) is 22.1. The Kier molecular flexibility index (Phi) is 13.8. The number of hydrogen-bond acceptors (Lipinski definition) is 6. The third-order valence-electron chi connectivity index (χ3n) is 5.31. The molecule has 0 saturated heterocycles. The van der Waals surface area contributed by atoms with E-state index in [4.69, 9.17) is 14.2 Å². The van der Waals surface area contributed by atoms with E-state index in [2.05, 4.69) is 6.92 Å². The number of carboxylic acids is 1. The molecule has 2 aromatic carbocycles. The molecule has 10 heteroatoms. The molecule has 2 rings (SSSR count). The number of hydrogen-bond donors (Lipinski definition) is 1. The van der Waals surface area contributed by atoms with E-state index in [1.807, 2.05) is 11.8 Å². The molecule has 7 nitrogen and oxygen atoms in total. The molecule has 0 aliphatic carbocycles. The van der Waals surface area contributed by atoms with Gasteiger partial charge in [-0.1, -0.05) is 19.1 Å². The number of nitrogens with zero attached hydrogens (tertiary/aromatic N) is 1. The minimum absolute atomic E-state index is 0.0963. The SMILES string of the molecule is CCCSCCCN(CCOc1ccc(CC(OCC)C(=O)O)cc1)C(=O)OCc1ccc(F)cc1F. The van der Waals surface area contributed by atoms with Gasteiger partial charge in [-0.2, -0.15) is 11.8 Å². The summed E-state index contributed by atoms with van der Waals surface area (Å²) in [7, 11) is 0. The van der Waals surface area contributed by atoms with E-state index in [1.165, 1.54) is 11.0 Å². The minimum atomic E-state index is -1.01. The van der Waals surface area contributed by atoms with Crippen molar-refractivity contribution in [1.82, 2.24) is 4.90 Å². The maximum absolute atomic E-state index is 13.9. The minimum Gasteiger partial charge on any atom is -0.492 e. The number of aliphatic carboxylic acids is 1. The molecule has 37 heavy (non-hydrogen) atoms. The van der Waals surface area contributed by atoms with Gasteiger partial charge in [0, 0.05) is 31.2 Å². The molecule has 0 aliphatic heterocycles. The van der Waals surface area contributed by atoms with Crippen molar-refractivity contribution in [1.29, 1.82) is 0 Å². The molecule has 0 bridgehead atoms. The topological polar surface area (TPSA) is 85.3 Å². The number of halogens is 2. The molecule has 1 atom stereocenters. The molecular weight excluding hydrogens is 504 g/mol. The van der Waals surface area contributed by atoms with Crippen molar-refractivity contribution in [2.75, 3.05) is 37.8 Å². The summed E-state index contributed by atoms with van der Waals surface area (Å²) >= 11 is 1.81. The Bertz CT molecular complexity index is 976. The fourth-order valence-corrected chi connectivity index (χ4v) is 4.22. The summed E-state index contributed by atoms with van der Waals surface area (Å²) in [6, 6.07) is 10.2. The Labute approximate surface area is 221 Å². The molecule has 204 valence electrons. The number of carbonyl (C=O) groups is 2. The van der Waals surface area contributed by atoms with E-state index in [-0.39, 0.29) is 31.7 Å². The molecule has 2 aromatic rings. The zero-order chi connectivity index (χ0) is 27.0. The van der Waals surface area contributed by atoms with Gasteiger partial charge in [-0.25, -0.2) is 18.4 Å². The van der Waals surface area contributed by atoms with Crippen LogP contribution in [0.15, 0.2) is 42.5 Å². The van der Waals surface area contributed by atoms with Crippen LogP contribution >= 0.6 is 11.8 Å². The van der Waals surface area contributed by atoms with E-state index in [0.717, 1.165) is 42.0 Å². The van der Waals surface area contributed by atoms with E-state index in [1.54, 1.807) is 31.2 Å². The number of thioether (sulfide) groups is 1. The Hall–Kier alpha value is -2.85. The van der Waals surface area contributed by atoms with Gasteiger partial charge in [0.25, 0.3) is 0 Å². The van der Waals surface area contributed by atoms with Crippen LogP contribution in [0.1, 0.15) is 37.8 Å². The van der Waals surface area contributed by atoms with Crippen molar-refractivity contribution in [3.8, 4) is 5.75 Å². The molecule has 0 aromatic heterocycles. The first-order chi connectivity index (χ1) is 17.8. The zero-order valence-electron chi connectivity index (χ0n) is 21.3. The highest BCUT2D eigenvalue weighted by molar-refractivity contribution is 7.99. The second-order valence-corrected chi connectivity index (χ2v) is 9.45. The lowest BCUT2D eigenvalue weighted by Gasteiger charge is -2.22. The third-order valence-corrected chi connectivity index (χ3v) is 6.58. The summed E-state index contributed by atoms with van der Waals surface area (Å²) in [6.07, 6.45) is 0.584. The number of rotatable bonds is 17. The Morgan fingerprint density at radius 3 is 2.46 bits per heavy atom. The third kappa shape index (κ3) is 11.4. The number of amides is 1. The molecule has 0 heterocycles. The van der Waals surface area contributed by atoms with Crippen molar-refractivity contribution in [3.63, 3.8) is 0 Å². The number of carbonyl (C=O) groups excluding carboxylic acids is 1. The predicted octanol–water partition coefficient (Wildman–Crippen LogP) is 5.55. The normalized spacial score (nSPS) is 11.7. The Morgan fingerprint density at radius 1 is 1.05 bits per heavy atom. The van der Waals surface area contributed by atoms with E-state index in [0.29, 0.717) is 18.9 Å². The van der Waals surface area contributed by atoms with E-state index < -0.39 is 29.8 Å². The quantitative estimate of drug-likeness (QED) is 0.264. The maximum Gasteiger partial charge on any atom is 0.410 e. The van der Waals surface area contributed by atoms with Crippen LogP contribution in [0.25, 0.3) is 0 Å². The first-order valence-corrected chi connectivity index (χ1v) is 13.5. The second kappa shape index (κ2) is 16.8. The highest BCUT2D eigenvalue weighted by atomic mass is 32.2. The molecule has 1 unspecified atom stereocenters. The molecule has 0 aliphatic rings. The van der Waals surface area contributed by atoms with Crippen molar-refractivity contribution < 1.29 is 37.7 Å². The van der Waals surface area contributed by atoms with E-state index >= 15 is 0 Å². The lowest BCUT2D eigenvalue weighted by Crippen LogP contribution is -2.36. The van der Waals surface area contributed by atoms with Gasteiger partial charge in [0.15, 0.2) is 6.10 Å². The fraction of sp³-hybridized carbons (Fsp3) is 0.481. The first kappa shape index (κ1) is 30.4. The first-order valence-electron chi connectivity index (χ1n) is 12.3. The summed E-state index contributed by atoms with van der Waals surface area (Å²) in [5, 5.41) is 9.24. The van der Waals surface area contributed by atoms with Crippen LogP contribution in [0.4, 0.5) is 13.6 Å². The van der Waals surface area contributed by atoms with Crippen molar-refractivity contribution in [2.45, 2.75) is 45.8 Å². The Morgan fingerprint density at radius 2 is 1.81 bits per heavy atom. The maximum atomic E-state index is 13.9. The lowest BCUT2D eigenvalue weighted by molar-refractivity contribution is -0.149. The largest absolute Gasteiger partial charge is 0.492 e. The van der Waals surface area contributed by atoms with Crippen LogP contribution in [0.3, 0.4) is 0 Å². The van der Waals surface area contributed by atoms with Crippen LogP contribution in [-0.4, -0.2) is 66.0 Å². The molecule has 1 amide bonds. The average Bonchev–Trinajstić information content (AvgIpc) is 2.87. The van der Waals surface area contributed by atoms with Gasteiger partial charge in [0.2, 0.25) is 0 Å². The van der Waals surface area contributed by atoms with Gasteiger partial charge in [-0.3, -0.25) is 0 Å². The van der Waals surface area contributed by atoms with Crippen molar-refractivity contribution in [2.24, 2.45) is 0 Å². The highest BCUT2D eigenvalue weighted by Crippen LogP contribution is 2.16. The summed E-state index contributed by atoms with van der Waals surface area (Å²) in [5.41, 5.74) is 0.898. The summed E-state index contributed by atoms with van der Waals surface area (Å²) in [5.74, 6) is 0.0474. The van der Waals surface area contributed by atoms with Gasteiger partial charge in [0.05, 0.1) is 6.54 Å². The summed E-state index contributed by atoms with van der Waals surface area (Å²) < 4.78 is 43.3. The highest BCUT2D eigenvalue weighted by Gasteiger charge is 2.18. The van der Waals surface area contributed by atoms with E-state index in [9.17, 15) is 23.5 Å². The monoisotopic (exact) mass is 539 g/mol. The Balaban J connectivity index is 1.89. The van der Waals surface area contributed by atoms with Gasteiger partial charge in [-0.15, -0.1) is 0 Å². The predicted molar refractivity (Wildman–Crippen MR) is 139 cm³/mol. The molecular formula is C27H35F2NO6S. The molecule has 0 radical (unpaired) electrons. The number of ether oxygens (including phenoxy) is 3. The van der Waals surface area contributed by atoms with Crippen LogP contribution in [0.2, 0.25) is 0 Å². The van der Waals surface area contributed by atoms with Crippen LogP contribution in [0, 0.1) is 11.6 Å². The lowest BCUT2D eigenvalue weighted by atomic mass is 10.1. The van der Waals surface area contributed by atoms with Gasteiger partial charge >= 0.3 is 12.1 Å². The van der Waals surface area contributed by atoms with Gasteiger partial charge in [0.1, 0.15) is 30.6 Å². The second-order valence-electron chi connectivity index (χ2n) is 8.22. The molecule has 0 fully saturated rings. The molecule has 0 saturated carbocycles. The number of carboxylic acid groups (broad SMARTS) is 1. The van der Waals surface area contributed by atoms with Gasteiger partial charge < -0.3 is 24.2 Å². The van der Waals surface area contributed by atoms with Crippen LogP contribution in [-0.2, 0) is 27.3 Å². The average molecular weight is 540 g/mol. The molecule has 1 N–H and O–H groups in total. The van der Waals surface area contributed by atoms with Gasteiger partial charge in [-0.05, 0) is 61.1 Å². The summed E-state index contributed by atoms with van der Waals surface area (Å²) in [6.45, 7) is 4.79. The summed E-state index contributed by atoms with van der Waals surface area (Å²) in [4.78, 5) is 25.5. The standard InChI is InChI=1S/C27H35F2NO6S/c1-3-15-37-16-5-12-30(27(33)36-19-21-8-9-22(28)18-24(21)29)13-14-35-23-10-6-20(7-11-23)17-25(26(31)32)34-4-2/h6-11,18,25H,3-5,12-17,19H2,1-2H3,(H,31,32). The van der Waals surface area contributed by atoms with Crippen molar-refractivity contribution >= 4 is 23.8 Å². The molecule has 0 spiro atoms.